The van der Waals surface area contributed by atoms with Gasteiger partial charge in [0.2, 0.25) is 5.43 Å². The Morgan fingerprint density at radius 1 is 1.20 bits per heavy atom. The molecule has 5 rings (SSSR count). The van der Waals surface area contributed by atoms with Crippen LogP contribution in [0.5, 0.6) is 23.0 Å². The fourth-order valence-corrected chi connectivity index (χ4v) is 4.05. The van der Waals surface area contributed by atoms with Crippen molar-refractivity contribution in [2.24, 2.45) is 0 Å². The Kier molecular flexibility index (Phi) is 4.22. The molecule has 0 bridgehead atoms. The molecular formula is C23H20O7. The summed E-state index contributed by atoms with van der Waals surface area (Å²) in [5.74, 6) is 2.64. The van der Waals surface area contributed by atoms with Crippen LogP contribution in [0.3, 0.4) is 0 Å². The molecule has 0 fully saturated rings. The van der Waals surface area contributed by atoms with Gasteiger partial charge in [0.05, 0.1) is 31.8 Å². The number of hydrogen-bond acceptors (Lipinski definition) is 7. The summed E-state index contributed by atoms with van der Waals surface area (Å²) in [5, 5.41) is 9.84. The molecule has 0 unspecified atom stereocenters. The second-order valence-electron chi connectivity index (χ2n) is 7.27. The molecule has 7 heteroatoms. The van der Waals surface area contributed by atoms with Crippen LogP contribution in [0.2, 0.25) is 0 Å². The third-order valence-corrected chi connectivity index (χ3v) is 5.62. The average molecular weight is 408 g/mol. The zero-order chi connectivity index (χ0) is 21.0. The number of benzene rings is 2. The fraction of sp³-hybridized carbons (Fsp3) is 0.261. The highest BCUT2D eigenvalue weighted by molar-refractivity contribution is 5.89. The van der Waals surface area contributed by atoms with Gasteiger partial charge in [0.15, 0.2) is 17.3 Å². The van der Waals surface area contributed by atoms with Crippen molar-refractivity contribution in [2.75, 3.05) is 20.8 Å². The molecular weight excluding hydrogens is 388 g/mol. The van der Waals surface area contributed by atoms with Gasteiger partial charge in [0, 0.05) is 23.6 Å². The molecule has 1 N–H and O–H groups in total. The van der Waals surface area contributed by atoms with Crippen molar-refractivity contribution in [3.8, 4) is 34.1 Å². The molecule has 154 valence electrons. The Bertz CT molecular complexity index is 1250. The van der Waals surface area contributed by atoms with E-state index in [-0.39, 0.29) is 24.7 Å². The molecule has 3 aromatic rings. The molecule has 0 spiro atoms. The van der Waals surface area contributed by atoms with E-state index in [2.05, 4.69) is 6.58 Å². The van der Waals surface area contributed by atoms with Crippen LogP contribution in [-0.4, -0.2) is 32.0 Å². The van der Waals surface area contributed by atoms with Gasteiger partial charge in [-0.2, -0.15) is 0 Å². The van der Waals surface area contributed by atoms with Crippen molar-refractivity contribution < 1.29 is 28.5 Å². The van der Waals surface area contributed by atoms with Crippen LogP contribution < -0.4 is 24.4 Å². The number of rotatable bonds is 4. The predicted octanol–water partition coefficient (Wildman–Crippen LogP) is 3.22. The van der Waals surface area contributed by atoms with Crippen molar-refractivity contribution in [1.29, 1.82) is 0 Å². The summed E-state index contributed by atoms with van der Waals surface area (Å²) < 4.78 is 28.6. The van der Waals surface area contributed by atoms with Crippen molar-refractivity contribution >= 4 is 11.0 Å². The quantitative estimate of drug-likeness (QED) is 0.663. The molecule has 30 heavy (non-hydrogen) atoms. The molecule has 1 atom stereocenters. The lowest BCUT2D eigenvalue weighted by Crippen LogP contribution is -2.17. The van der Waals surface area contributed by atoms with Crippen molar-refractivity contribution in [3.63, 3.8) is 0 Å². The van der Waals surface area contributed by atoms with E-state index in [1.165, 1.54) is 7.11 Å². The molecule has 2 aliphatic heterocycles. The predicted molar refractivity (Wildman–Crippen MR) is 110 cm³/mol. The minimum absolute atomic E-state index is 0.125. The summed E-state index contributed by atoms with van der Waals surface area (Å²) in [6.45, 7) is 3.82. The van der Waals surface area contributed by atoms with Gasteiger partial charge < -0.3 is 28.5 Å². The van der Waals surface area contributed by atoms with Crippen molar-refractivity contribution in [1.82, 2.24) is 0 Å². The van der Waals surface area contributed by atoms with Gasteiger partial charge in [-0.1, -0.05) is 6.58 Å². The van der Waals surface area contributed by atoms with E-state index in [1.54, 1.807) is 31.4 Å². The van der Waals surface area contributed by atoms with E-state index in [0.717, 1.165) is 5.56 Å². The van der Waals surface area contributed by atoms with Gasteiger partial charge >= 0.3 is 0 Å². The third kappa shape index (κ3) is 2.59. The normalized spacial score (nSPS) is 16.2. The second-order valence-corrected chi connectivity index (χ2v) is 7.27. The van der Waals surface area contributed by atoms with E-state index in [9.17, 15) is 9.90 Å². The summed E-state index contributed by atoms with van der Waals surface area (Å²) in [7, 11) is 3.09. The first kappa shape index (κ1) is 18.6. The molecule has 0 amide bonds. The zero-order valence-corrected chi connectivity index (χ0v) is 16.6. The van der Waals surface area contributed by atoms with Crippen LogP contribution in [0.25, 0.3) is 22.1 Å². The maximum absolute atomic E-state index is 13.5. The van der Waals surface area contributed by atoms with Gasteiger partial charge in [-0.05, 0) is 23.8 Å². The van der Waals surface area contributed by atoms with Gasteiger partial charge in [-0.15, -0.1) is 0 Å². The summed E-state index contributed by atoms with van der Waals surface area (Å²) in [5.41, 5.74) is 2.78. The monoisotopic (exact) mass is 408 g/mol. The van der Waals surface area contributed by atoms with Gasteiger partial charge in [-0.3, -0.25) is 4.79 Å². The van der Waals surface area contributed by atoms with Crippen LogP contribution in [-0.2, 0) is 13.0 Å². The number of aliphatic hydroxyl groups excluding tert-OH is 1. The van der Waals surface area contributed by atoms with Crippen LogP contribution in [0, 0.1) is 0 Å². The smallest absolute Gasteiger partial charge is 0.201 e. The maximum Gasteiger partial charge on any atom is 0.201 e. The molecule has 2 aliphatic rings. The summed E-state index contributed by atoms with van der Waals surface area (Å²) in [6, 6.07) is 6.91. The molecule has 7 nitrogen and oxygen atoms in total. The van der Waals surface area contributed by atoms with Crippen LogP contribution >= 0.6 is 0 Å². The number of fused-ring (bicyclic) bond motifs is 6. The SMILES string of the molecule is C=C(CO)[C@@H]1Cc2c(ccc3c(=O)c4c(oc23)COc2cc(OC)c(OC)cc2-4)O1. The number of aliphatic hydroxyl groups is 1. The highest BCUT2D eigenvalue weighted by Crippen LogP contribution is 2.45. The first-order chi connectivity index (χ1) is 14.5. The average Bonchev–Trinajstić information content (AvgIpc) is 3.22. The molecule has 0 saturated heterocycles. The molecule has 1 aromatic heterocycles. The standard InChI is InChI=1S/C23H20O7/c1-11(9-24)16-7-14-15(29-16)5-4-12-22(25)21-13-6-18(26-2)19(27-3)8-17(13)28-10-20(21)30-23(12)14/h4-6,8,16,24H,1,7,9-10H2,2-3H3/t16-/m0/s1. The topological polar surface area (TPSA) is 87.4 Å². The third-order valence-electron chi connectivity index (χ3n) is 5.62. The zero-order valence-electron chi connectivity index (χ0n) is 16.6. The van der Waals surface area contributed by atoms with E-state index >= 15 is 0 Å². The Morgan fingerprint density at radius 2 is 1.97 bits per heavy atom. The summed E-state index contributed by atoms with van der Waals surface area (Å²) in [6.07, 6.45) is 0.140. The van der Waals surface area contributed by atoms with E-state index < -0.39 is 0 Å². The number of methoxy groups -OCH3 is 2. The highest BCUT2D eigenvalue weighted by Gasteiger charge is 2.31. The fourth-order valence-electron chi connectivity index (χ4n) is 4.05. The largest absolute Gasteiger partial charge is 0.493 e. The van der Waals surface area contributed by atoms with E-state index in [1.807, 2.05) is 0 Å². The lowest BCUT2D eigenvalue weighted by Gasteiger charge is -2.21. The van der Waals surface area contributed by atoms with Crippen LogP contribution in [0.4, 0.5) is 0 Å². The lowest BCUT2D eigenvalue weighted by atomic mass is 9.97. The van der Waals surface area contributed by atoms with E-state index in [4.69, 9.17) is 23.4 Å². The number of ether oxygens (including phenoxy) is 4. The van der Waals surface area contributed by atoms with Gasteiger partial charge in [0.25, 0.3) is 0 Å². The second kappa shape index (κ2) is 6.81. The van der Waals surface area contributed by atoms with Gasteiger partial charge in [0.1, 0.15) is 29.8 Å². The van der Waals surface area contributed by atoms with Crippen molar-refractivity contribution in [3.05, 3.63) is 58.0 Å². The summed E-state index contributed by atoms with van der Waals surface area (Å²) >= 11 is 0. The Balaban J connectivity index is 1.71. The van der Waals surface area contributed by atoms with Crippen LogP contribution in [0.1, 0.15) is 11.3 Å². The van der Waals surface area contributed by atoms with E-state index in [0.29, 0.717) is 62.8 Å². The highest BCUT2D eigenvalue weighted by atomic mass is 16.5. The molecule has 0 radical (unpaired) electrons. The molecule has 2 aromatic carbocycles. The molecule has 0 saturated carbocycles. The molecule has 3 heterocycles. The summed E-state index contributed by atoms with van der Waals surface area (Å²) in [4.78, 5) is 13.5. The minimum Gasteiger partial charge on any atom is -0.493 e. The minimum atomic E-state index is -0.342. The van der Waals surface area contributed by atoms with Crippen molar-refractivity contribution in [2.45, 2.75) is 19.1 Å². The number of hydrogen-bond donors (Lipinski definition) is 1. The molecule has 0 aliphatic carbocycles. The first-order valence-electron chi connectivity index (χ1n) is 9.51. The Hall–Kier alpha value is -3.45. The maximum atomic E-state index is 13.5. The lowest BCUT2D eigenvalue weighted by molar-refractivity contribution is 0.234. The Morgan fingerprint density at radius 3 is 2.70 bits per heavy atom. The first-order valence-corrected chi connectivity index (χ1v) is 9.51. The van der Waals surface area contributed by atoms with Crippen LogP contribution in [0.15, 0.2) is 45.6 Å². The van der Waals surface area contributed by atoms with Gasteiger partial charge in [-0.25, -0.2) is 0 Å². The Labute approximate surface area is 172 Å².